The first-order valence-corrected chi connectivity index (χ1v) is 8.03. The molecule has 1 aromatic carbocycles. The summed E-state index contributed by atoms with van der Waals surface area (Å²) >= 11 is 0. The molecule has 0 aliphatic carbocycles. The van der Waals surface area contributed by atoms with Crippen molar-refractivity contribution in [2.24, 2.45) is 11.7 Å². The Kier molecular flexibility index (Phi) is 5.22. The molecule has 0 radical (unpaired) electrons. The Morgan fingerprint density at radius 2 is 1.80 bits per heavy atom. The second kappa shape index (κ2) is 6.73. The van der Waals surface area contributed by atoms with Crippen molar-refractivity contribution in [3.05, 3.63) is 34.4 Å². The summed E-state index contributed by atoms with van der Waals surface area (Å²) in [7, 11) is 0. The van der Waals surface area contributed by atoms with Gasteiger partial charge in [0.05, 0.1) is 0 Å². The monoisotopic (exact) mass is 274 g/mol. The van der Waals surface area contributed by atoms with E-state index in [9.17, 15) is 0 Å². The van der Waals surface area contributed by atoms with Gasteiger partial charge in [-0.3, -0.25) is 0 Å². The van der Waals surface area contributed by atoms with Crippen LogP contribution in [0.15, 0.2) is 12.1 Å². The van der Waals surface area contributed by atoms with E-state index in [0.29, 0.717) is 0 Å². The Morgan fingerprint density at radius 3 is 2.45 bits per heavy atom. The molecule has 1 fully saturated rings. The quantitative estimate of drug-likeness (QED) is 0.910. The third-order valence-corrected chi connectivity index (χ3v) is 4.67. The third-order valence-electron chi connectivity index (χ3n) is 4.67. The van der Waals surface area contributed by atoms with Gasteiger partial charge < -0.3 is 10.6 Å². The van der Waals surface area contributed by atoms with Crippen molar-refractivity contribution in [3.8, 4) is 0 Å². The van der Waals surface area contributed by atoms with Crippen molar-refractivity contribution in [2.75, 3.05) is 19.6 Å². The highest BCUT2D eigenvalue weighted by molar-refractivity contribution is 5.39. The van der Waals surface area contributed by atoms with Gasteiger partial charge in [0, 0.05) is 12.6 Å². The van der Waals surface area contributed by atoms with Crippen LogP contribution in [0.25, 0.3) is 0 Å². The van der Waals surface area contributed by atoms with Crippen molar-refractivity contribution in [3.63, 3.8) is 0 Å². The summed E-state index contributed by atoms with van der Waals surface area (Å²) in [6.45, 7) is 12.3. The molecule has 20 heavy (non-hydrogen) atoms. The van der Waals surface area contributed by atoms with Gasteiger partial charge in [-0.1, -0.05) is 24.6 Å². The summed E-state index contributed by atoms with van der Waals surface area (Å²) in [6.07, 6.45) is 4.01. The van der Waals surface area contributed by atoms with Crippen LogP contribution in [0.1, 0.15) is 54.5 Å². The molecule has 0 bridgehead atoms. The summed E-state index contributed by atoms with van der Waals surface area (Å²) in [4.78, 5) is 2.56. The maximum absolute atomic E-state index is 6.52. The molecule has 112 valence electrons. The third kappa shape index (κ3) is 3.83. The molecule has 2 heteroatoms. The van der Waals surface area contributed by atoms with Crippen LogP contribution in [0.3, 0.4) is 0 Å². The van der Waals surface area contributed by atoms with Gasteiger partial charge in [-0.25, -0.2) is 0 Å². The summed E-state index contributed by atoms with van der Waals surface area (Å²) in [5, 5.41) is 0. The SMILES string of the molecule is Cc1cc(C)c(C(N)CN2CCCC(C)CC2)c(C)c1. The lowest BCUT2D eigenvalue weighted by Gasteiger charge is -2.26. The number of likely N-dealkylation sites (tertiary alicyclic amines) is 1. The summed E-state index contributed by atoms with van der Waals surface area (Å²) < 4.78 is 0. The van der Waals surface area contributed by atoms with Crippen molar-refractivity contribution < 1.29 is 0 Å². The number of hydrogen-bond acceptors (Lipinski definition) is 2. The zero-order chi connectivity index (χ0) is 14.7. The predicted molar refractivity (Wildman–Crippen MR) is 87.0 cm³/mol. The summed E-state index contributed by atoms with van der Waals surface area (Å²) in [5.74, 6) is 0.874. The molecule has 0 saturated carbocycles. The molecule has 1 aromatic rings. The number of hydrogen-bond donors (Lipinski definition) is 1. The van der Waals surface area contributed by atoms with E-state index < -0.39 is 0 Å². The second-order valence-electron chi connectivity index (χ2n) is 6.76. The standard InChI is InChI=1S/C18H30N2/c1-13-6-5-8-20(9-7-13)12-17(19)18-15(3)10-14(2)11-16(18)4/h10-11,13,17H,5-9,12,19H2,1-4H3. The highest BCUT2D eigenvalue weighted by Gasteiger charge is 2.19. The van der Waals surface area contributed by atoms with Crippen LogP contribution in [-0.4, -0.2) is 24.5 Å². The lowest BCUT2D eigenvalue weighted by Crippen LogP contribution is -2.33. The largest absolute Gasteiger partial charge is 0.323 e. The lowest BCUT2D eigenvalue weighted by atomic mass is 9.94. The predicted octanol–water partition coefficient (Wildman–Crippen LogP) is 3.73. The van der Waals surface area contributed by atoms with Gasteiger partial charge in [-0.15, -0.1) is 0 Å². The Morgan fingerprint density at radius 1 is 1.15 bits per heavy atom. The molecule has 2 N–H and O–H groups in total. The van der Waals surface area contributed by atoms with Crippen LogP contribution < -0.4 is 5.73 Å². The Labute approximate surface area is 124 Å². The minimum absolute atomic E-state index is 0.143. The minimum Gasteiger partial charge on any atom is -0.323 e. The van der Waals surface area contributed by atoms with Crippen molar-refractivity contribution in [2.45, 2.75) is 53.0 Å². The first-order valence-electron chi connectivity index (χ1n) is 8.03. The molecule has 1 heterocycles. The molecule has 0 amide bonds. The average molecular weight is 274 g/mol. The van der Waals surface area contributed by atoms with Gasteiger partial charge in [-0.05, 0) is 75.7 Å². The van der Waals surface area contributed by atoms with Gasteiger partial charge >= 0.3 is 0 Å². The molecule has 2 rings (SSSR count). The smallest absolute Gasteiger partial charge is 0.0429 e. The minimum atomic E-state index is 0.143. The zero-order valence-corrected chi connectivity index (χ0v) is 13.6. The topological polar surface area (TPSA) is 29.3 Å². The van der Waals surface area contributed by atoms with E-state index in [-0.39, 0.29) is 6.04 Å². The fourth-order valence-electron chi connectivity index (χ4n) is 3.65. The van der Waals surface area contributed by atoms with Crippen LogP contribution in [0.2, 0.25) is 0 Å². The van der Waals surface area contributed by atoms with Gasteiger partial charge in [0.2, 0.25) is 0 Å². The molecule has 2 unspecified atom stereocenters. The van der Waals surface area contributed by atoms with Gasteiger partial charge in [0.1, 0.15) is 0 Å². The zero-order valence-electron chi connectivity index (χ0n) is 13.6. The summed E-state index contributed by atoms with van der Waals surface area (Å²) in [5.41, 5.74) is 11.9. The Bertz CT molecular complexity index is 430. The van der Waals surface area contributed by atoms with E-state index in [0.717, 1.165) is 12.5 Å². The van der Waals surface area contributed by atoms with Crippen LogP contribution in [-0.2, 0) is 0 Å². The van der Waals surface area contributed by atoms with E-state index in [1.807, 2.05) is 0 Å². The normalized spacial score (nSPS) is 22.6. The molecule has 0 spiro atoms. The molecule has 0 aromatic heterocycles. The lowest BCUT2D eigenvalue weighted by molar-refractivity contribution is 0.264. The average Bonchev–Trinajstić information content (AvgIpc) is 2.53. The van der Waals surface area contributed by atoms with Crippen LogP contribution in [0.5, 0.6) is 0 Å². The Balaban J connectivity index is 2.06. The van der Waals surface area contributed by atoms with E-state index in [2.05, 4.69) is 44.7 Å². The second-order valence-corrected chi connectivity index (χ2v) is 6.76. The van der Waals surface area contributed by atoms with Crippen LogP contribution in [0, 0.1) is 26.7 Å². The molecule has 1 aliphatic heterocycles. The van der Waals surface area contributed by atoms with Crippen LogP contribution >= 0.6 is 0 Å². The molecular weight excluding hydrogens is 244 g/mol. The van der Waals surface area contributed by atoms with Crippen molar-refractivity contribution in [1.82, 2.24) is 4.90 Å². The number of aryl methyl sites for hydroxylation is 3. The number of nitrogens with zero attached hydrogens (tertiary/aromatic N) is 1. The maximum Gasteiger partial charge on any atom is 0.0429 e. The van der Waals surface area contributed by atoms with Gasteiger partial charge in [0.15, 0.2) is 0 Å². The molecule has 1 saturated heterocycles. The summed E-state index contributed by atoms with van der Waals surface area (Å²) in [6, 6.07) is 4.66. The molecular formula is C18H30N2. The number of benzene rings is 1. The molecule has 2 nitrogen and oxygen atoms in total. The number of rotatable bonds is 3. The van der Waals surface area contributed by atoms with Crippen molar-refractivity contribution >= 4 is 0 Å². The van der Waals surface area contributed by atoms with Gasteiger partial charge in [-0.2, -0.15) is 0 Å². The van der Waals surface area contributed by atoms with E-state index in [4.69, 9.17) is 5.73 Å². The Hall–Kier alpha value is -0.860. The van der Waals surface area contributed by atoms with E-state index in [1.54, 1.807) is 0 Å². The first-order chi connectivity index (χ1) is 9.47. The molecule has 1 aliphatic rings. The fourth-order valence-corrected chi connectivity index (χ4v) is 3.65. The first kappa shape index (κ1) is 15.5. The van der Waals surface area contributed by atoms with E-state index in [1.165, 1.54) is 54.6 Å². The molecule has 2 atom stereocenters. The van der Waals surface area contributed by atoms with Gasteiger partial charge in [0.25, 0.3) is 0 Å². The van der Waals surface area contributed by atoms with E-state index >= 15 is 0 Å². The maximum atomic E-state index is 6.52. The fraction of sp³-hybridized carbons (Fsp3) is 0.667. The number of nitrogens with two attached hydrogens (primary N) is 1. The highest BCUT2D eigenvalue weighted by atomic mass is 15.1. The van der Waals surface area contributed by atoms with Crippen LogP contribution in [0.4, 0.5) is 0 Å². The van der Waals surface area contributed by atoms with Crippen molar-refractivity contribution in [1.29, 1.82) is 0 Å². The highest BCUT2D eigenvalue weighted by Crippen LogP contribution is 2.24.